The van der Waals surface area contributed by atoms with Crippen LogP contribution in [0.15, 0.2) is 30.0 Å². The molecule has 3 heterocycles. The second-order valence-electron chi connectivity index (χ2n) is 4.63. The van der Waals surface area contributed by atoms with Gasteiger partial charge in [-0.3, -0.25) is 0 Å². The molecule has 0 unspecified atom stereocenters. The van der Waals surface area contributed by atoms with Crippen molar-refractivity contribution in [2.75, 3.05) is 6.54 Å². The third-order valence-corrected chi connectivity index (χ3v) is 4.36. The van der Waals surface area contributed by atoms with Gasteiger partial charge >= 0.3 is 0 Å². The minimum Gasteiger partial charge on any atom is -0.311 e. The number of imidazole rings is 1. The van der Waals surface area contributed by atoms with Gasteiger partial charge in [0.05, 0.1) is 21.9 Å². The molecule has 0 aromatic carbocycles. The lowest BCUT2D eigenvalue weighted by atomic mass is 10.3. The molecule has 0 aliphatic carbocycles. The van der Waals surface area contributed by atoms with E-state index < -0.39 is 0 Å². The Morgan fingerprint density at radius 2 is 2.25 bits per heavy atom. The zero-order valence-electron chi connectivity index (χ0n) is 11.1. The van der Waals surface area contributed by atoms with E-state index in [1.165, 1.54) is 4.88 Å². The van der Waals surface area contributed by atoms with E-state index in [-0.39, 0.29) is 0 Å². The first-order chi connectivity index (χ1) is 9.72. The highest BCUT2D eigenvalue weighted by molar-refractivity contribution is 7.09. The Labute approximate surface area is 126 Å². The highest BCUT2D eigenvalue weighted by Gasteiger charge is 2.03. The van der Waals surface area contributed by atoms with E-state index in [4.69, 9.17) is 11.6 Å². The quantitative estimate of drug-likeness (QED) is 0.737. The molecule has 0 atom stereocenters. The van der Waals surface area contributed by atoms with Crippen molar-refractivity contribution in [1.29, 1.82) is 0 Å². The molecule has 0 aliphatic rings. The third-order valence-electron chi connectivity index (χ3n) is 3.14. The molecule has 3 rings (SSSR count). The first-order valence-corrected chi connectivity index (χ1v) is 7.71. The summed E-state index contributed by atoms with van der Waals surface area (Å²) >= 11 is 7.67. The van der Waals surface area contributed by atoms with Gasteiger partial charge in [0.25, 0.3) is 0 Å². The fourth-order valence-corrected chi connectivity index (χ4v) is 3.04. The Morgan fingerprint density at radius 1 is 1.35 bits per heavy atom. The van der Waals surface area contributed by atoms with Crippen LogP contribution in [0.5, 0.6) is 0 Å². The molecule has 0 amide bonds. The molecule has 0 aliphatic heterocycles. The number of aryl methyl sites for hydroxylation is 1. The first kappa shape index (κ1) is 13.5. The smallest absolute Gasteiger partial charge is 0.137 e. The summed E-state index contributed by atoms with van der Waals surface area (Å²) < 4.78 is 1.95. The molecule has 0 spiro atoms. The monoisotopic (exact) mass is 306 g/mol. The van der Waals surface area contributed by atoms with Crippen LogP contribution in [-0.2, 0) is 13.0 Å². The fraction of sp³-hybridized carbons (Fsp3) is 0.286. The van der Waals surface area contributed by atoms with Crippen molar-refractivity contribution in [3.05, 3.63) is 51.3 Å². The predicted octanol–water partition coefficient (Wildman–Crippen LogP) is 3.08. The number of hydrogen-bond acceptors (Lipinski definition) is 4. The van der Waals surface area contributed by atoms with E-state index in [0.29, 0.717) is 0 Å². The van der Waals surface area contributed by atoms with E-state index in [1.54, 1.807) is 11.3 Å². The van der Waals surface area contributed by atoms with Crippen molar-refractivity contribution in [2.45, 2.75) is 19.9 Å². The van der Waals surface area contributed by atoms with Gasteiger partial charge in [0, 0.05) is 30.4 Å². The van der Waals surface area contributed by atoms with Crippen LogP contribution < -0.4 is 5.32 Å². The Bertz CT molecular complexity index is 719. The highest BCUT2D eigenvalue weighted by atomic mass is 35.5. The average molecular weight is 307 g/mol. The van der Waals surface area contributed by atoms with Gasteiger partial charge in [-0.2, -0.15) is 0 Å². The number of thiazole rings is 1. The van der Waals surface area contributed by atoms with Crippen LogP contribution in [0.1, 0.15) is 16.3 Å². The van der Waals surface area contributed by atoms with Gasteiger partial charge in [0.15, 0.2) is 0 Å². The van der Waals surface area contributed by atoms with E-state index in [0.717, 1.165) is 41.6 Å². The summed E-state index contributed by atoms with van der Waals surface area (Å²) in [5.74, 6) is 0. The normalized spacial score (nSPS) is 11.3. The Morgan fingerprint density at radius 3 is 3.05 bits per heavy atom. The molecule has 6 heteroatoms. The molecule has 20 heavy (non-hydrogen) atoms. The van der Waals surface area contributed by atoms with Gasteiger partial charge in [-0.15, -0.1) is 11.3 Å². The summed E-state index contributed by atoms with van der Waals surface area (Å²) in [7, 11) is 0. The molecule has 1 N–H and O–H groups in total. The van der Waals surface area contributed by atoms with Crippen molar-refractivity contribution in [3.63, 3.8) is 0 Å². The second-order valence-corrected chi connectivity index (χ2v) is 6.01. The number of aromatic nitrogens is 3. The van der Waals surface area contributed by atoms with Gasteiger partial charge in [-0.05, 0) is 25.5 Å². The van der Waals surface area contributed by atoms with Crippen LogP contribution >= 0.6 is 22.9 Å². The van der Waals surface area contributed by atoms with Crippen LogP contribution in [0.2, 0.25) is 5.02 Å². The molecule has 104 valence electrons. The Balaban J connectivity index is 1.56. The molecule has 4 nitrogen and oxygen atoms in total. The van der Waals surface area contributed by atoms with E-state index >= 15 is 0 Å². The fourth-order valence-electron chi connectivity index (χ4n) is 2.09. The standard InChI is InChI=1S/C14H15ClN4S/c1-10-13(20-9-17-10)4-5-16-6-12-8-19-7-11(15)2-3-14(19)18-12/h2-3,7-9,16H,4-6H2,1H3. The number of nitrogens with zero attached hydrogens (tertiary/aromatic N) is 3. The first-order valence-electron chi connectivity index (χ1n) is 6.45. The predicted molar refractivity (Wildman–Crippen MR) is 82.5 cm³/mol. The molecule has 0 fully saturated rings. The van der Waals surface area contributed by atoms with Gasteiger partial charge in [-0.25, -0.2) is 9.97 Å². The molecular weight excluding hydrogens is 292 g/mol. The zero-order chi connectivity index (χ0) is 13.9. The molecule has 3 aromatic rings. The Kier molecular flexibility index (Phi) is 4.00. The highest BCUT2D eigenvalue weighted by Crippen LogP contribution is 2.13. The lowest BCUT2D eigenvalue weighted by molar-refractivity contribution is 0.679. The maximum Gasteiger partial charge on any atom is 0.137 e. The number of nitrogens with one attached hydrogen (secondary N) is 1. The molecule has 0 saturated heterocycles. The van der Waals surface area contributed by atoms with Crippen molar-refractivity contribution in [2.24, 2.45) is 0 Å². The molecule has 0 bridgehead atoms. The Hall–Kier alpha value is -1.43. The second kappa shape index (κ2) is 5.91. The maximum atomic E-state index is 5.96. The van der Waals surface area contributed by atoms with Gasteiger partial charge in [0.1, 0.15) is 5.65 Å². The van der Waals surface area contributed by atoms with Crippen LogP contribution in [-0.4, -0.2) is 20.9 Å². The summed E-state index contributed by atoms with van der Waals surface area (Å²) in [5.41, 5.74) is 4.98. The molecular formula is C14H15ClN4S. The largest absolute Gasteiger partial charge is 0.311 e. The van der Waals surface area contributed by atoms with Crippen molar-refractivity contribution in [1.82, 2.24) is 19.7 Å². The lowest BCUT2D eigenvalue weighted by Gasteiger charge is -2.01. The van der Waals surface area contributed by atoms with Gasteiger partial charge < -0.3 is 9.72 Å². The van der Waals surface area contributed by atoms with E-state index in [9.17, 15) is 0 Å². The van der Waals surface area contributed by atoms with Crippen LogP contribution in [0, 0.1) is 6.92 Å². The minimum atomic E-state index is 0.718. The maximum absolute atomic E-state index is 5.96. The van der Waals surface area contributed by atoms with Crippen molar-refractivity contribution in [3.8, 4) is 0 Å². The summed E-state index contributed by atoms with van der Waals surface area (Å²) in [6.07, 6.45) is 4.88. The van der Waals surface area contributed by atoms with Crippen molar-refractivity contribution >= 4 is 28.6 Å². The third kappa shape index (κ3) is 3.00. The van der Waals surface area contributed by atoms with Crippen LogP contribution in [0.25, 0.3) is 5.65 Å². The topological polar surface area (TPSA) is 42.2 Å². The average Bonchev–Trinajstić information content (AvgIpc) is 3.00. The van der Waals surface area contributed by atoms with E-state index in [1.807, 2.05) is 34.4 Å². The van der Waals surface area contributed by atoms with E-state index in [2.05, 4.69) is 22.2 Å². The number of halogens is 1. The summed E-state index contributed by atoms with van der Waals surface area (Å²) in [6, 6.07) is 3.78. The molecule has 0 radical (unpaired) electrons. The van der Waals surface area contributed by atoms with Gasteiger partial charge in [0.2, 0.25) is 0 Å². The summed E-state index contributed by atoms with van der Waals surface area (Å²) in [6.45, 7) is 3.74. The lowest BCUT2D eigenvalue weighted by Crippen LogP contribution is -2.16. The number of pyridine rings is 1. The van der Waals surface area contributed by atoms with Crippen molar-refractivity contribution < 1.29 is 0 Å². The minimum absolute atomic E-state index is 0.718. The molecule has 3 aromatic heterocycles. The number of fused-ring (bicyclic) bond motifs is 1. The zero-order valence-corrected chi connectivity index (χ0v) is 12.7. The van der Waals surface area contributed by atoms with Gasteiger partial charge in [-0.1, -0.05) is 11.6 Å². The molecule has 0 saturated carbocycles. The SMILES string of the molecule is Cc1ncsc1CCNCc1cn2cc(Cl)ccc2n1. The summed E-state index contributed by atoms with van der Waals surface area (Å²) in [5, 5.41) is 4.13. The number of rotatable bonds is 5. The number of hydrogen-bond donors (Lipinski definition) is 1. The summed E-state index contributed by atoms with van der Waals surface area (Å²) in [4.78, 5) is 10.1. The van der Waals surface area contributed by atoms with Crippen LogP contribution in [0.3, 0.4) is 0 Å². The van der Waals surface area contributed by atoms with Crippen LogP contribution in [0.4, 0.5) is 0 Å².